The average Bonchev–Trinajstić information content (AvgIpc) is 1.88. The van der Waals surface area contributed by atoms with Crippen LogP contribution in [0.3, 0.4) is 0 Å². The van der Waals surface area contributed by atoms with E-state index in [0.717, 1.165) is 6.32 Å². The first-order valence-electron chi connectivity index (χ1n) is 3.78. The van der Waals surface area contributed by atoms with Gasteiger partial charge in [0.05, 0.1) is 0 Å². The van der Waals surface area contributed by atoms with Crippen LogP contribution in [0.25, 0.3) is 0 Å². The van der Waals surface area contributed by atoms with Gasteiger partial charge in [-0.15, -0.1) is 0 Å². The summed E-state index contributed by atoms with van der Waals surface area (Å²) in [6.07, 6.45) is 7.58. The van der Waals surface area contributed by atoms with Crippen LogP contribution < -0.4 is 0 Å². The molecular weight excluding hydrogens is 123 g/mol. The van der Waals surface area contributed by atoms with Gasteiger partial charge in [-0.3, -0.25) is 0 Å². The zero-order valence-corrected chi connectivity index (χ0v) is 6.58. The first kappa shape index (κ1) is 7.61. The first-order valence-corrected chi connectivity index (χ1v) is 3.78. The zero-order chi connectivity index (χ0) is 7.40. The summed E-state index contributed by atoms with van der Waals surface area (Å²) in [6.45, 7) is 4.43. The Bertz CT molecular complexity index is 149. The third kappa shape index (κ3) is 2.40. The van der Waals surface area contributed by atoms with Crippen LogP contribution in [0, 0.1) is 0 Å². The quantitative estimate of drug-likeness (QED) is 0.528. The third-order valence-corrected chi connectivity index (χ3v) is 1.39. The fraction of sp³-hybridized carbons (Fsp3) is 0.500. The molecule has 1 aliphatic rings. The molecule has 0 aromatic heterocycles. The van der Waals surface area contributed by atoms with Gasteiger partial charge in [-0.2, -0.15) is 0 Å². The van der Waals surface area contributed by atoms with Crippen LogP contribution in [0.5, 0.6) is 0 Å². The van der Waals surface area contributed by atoms with Crippen molar-refractivity contribution in [3.8, 4) is 0 Å². The molecule has 0 saturated heterocycles. The molecule has 0 fully saturated rings. The summed E-state index contributed by atoms with van der Waals surface area (Å²) in [7, 11) is 0. The highest BCUT2D eigenvalue weighted by Crippen LogP contribution is 2.06. The van der Waals surface area contributed by atoms with Crippen LogP contribution in [0.4, 0.5) is 0 Å². The second-order valence-electron chi connectivity index (χ2n) is 2.77. The van der Waals surface area contributed by atoms with Crippen molar-refractivity contribution in [2.45, 2.75) is 26.3 Å². The van der Waals surface area contributed by atoms with Gasteiger partial charge >= 0.3 is 6.92 Å². The molecule has 2 heteroatoms. The molecule has 1 nitrogen and oxygen atoms in total. The molecule has 0 aromatic rings. The molecule has 0 saturated carbocycles. The predicted molar refractivity (Wildman–Crippen MR) is 45.1 cm³/mol. The summed E-state index contributed by atoms with van der Waals surface area (Å²) < 4.78 is 5.55. The van der Waals surface area contributed by atoms with Crippen molar-refractivity contribution in [1.29, 1.82) is 0 Å². The molecule has 10 heavy (non-hydrogen) atoms. The van der Waals surface area contributed by atoms with Crippen LogP contribution >= 0.6 is 0 Å². The number of hydrogen-bond acceptors (Lipinski definition) is 1. The monoisotopic (exact) mass is 136 g/mol. The maximum Gasteiger partial charge on any atom is 0.323 e. The Morgan fingerprint density at radius 2 is 2.20 bits per heavy atom. The van der Waals surface area contributed by atoms with Gasteiger partial charge in [0, 0.05) is 6.10 Å². The fourth-order valence-corrected chi connectivity index (χ4v) is 1.01. The second kappa shape index (κ2) is 3.62. The lowest BCUT2D eigenvalue weighted by molar-refractivity contribution is 0.248. The van der Waals surface area contributed by atoms with Gasteiger partial charge in [0.15, 0.2) is 0 Å². The van der Waals surface area contributed by atoms with E-state index >= 15 is 0 Å². The summed E-state index contributed by atoms with van der Waals surface area (Å²) in [6, 6.07) is 0. The molecule has 0 unspecified atom stereocenters. The van der Waals surface area contributed by atoms with E-state index in [1.165, 1.54) is 0 Å². The van der Waals surface area contributed by atoms with Gasteiger partial charge in [0.1, 0.15) is 0 Å². The highest BCUT2D eigenvalue weighted by atomic mass is 16.4. The zero-order valence-electron chi connectivity index (χ0n) is 6.58. The lowest BCUT2D eigenvalue weighted by Crippen LogP contribution is -2.20. The van der Waals surface area contributed by atoms with Crippen molar-refractivity contribution in [3.05, 3.63) is 24.2 Å². The largest absolute Gasteiger partial charge is 0.429 e. The fourth-order valence-electron chi connectivity index (χ4n) is 1.01. The van der Waals surface area contributed by atoms with Gasteiger partial charge in [0.2, 0.25) is 0 Å². The van der Waals surface area contributed by atoms with Crippen LogP contribution in [0.2, 0.25) is 6.32 Å². The Balaban J connectivity index is 2.30. The summed E-state index contributed by atoms with van der Waals surface area (Å²) in [5, 5.41) is 0. The van der Waals surface area contributed by atoms with Gasteiger partial charge in [-0.25, -0.2) is 0 Å². The average molecular weight is 136 g/mol. The van der Waals surface area contributed by atoms with Crippen molar-refractivity contribution >= 4 is 6.92 Å². The molecule has 54 valence electrons. The predicted octanol–water partition coefficient (Wildman–Crippen LogP) is 2.07. The standard InChI is InChI=1S/C8H13BO/c1-8(2)10-9-6-4-3-5-7-9/h3-6,8H,7H2,1-2H3. The Morgan fingerprint density at radius 1 is 1.40 bits per heavy atom. The molecule has 0 bridgehead atoms. The van der Waals surface area contributed by atoms with E-state index in [2.05, 4.69) is 32.0 Å². The molecule has 0 aromatic carbocycles. The molecule has 0 aliphatic carbocycles. The highest BCUT2D eigenvalue weighted by Gasteiger charge is 2.12. The van der Waals surface area contributed by atoms with E-state index < -0.39 is 0 Å². The van der Waals surface area contributed by atoms with Gasteiger partial charge in [-0.05, 0) is 20.2 Å². The molecular formula is C8H13BO. The van der Waals surface area contributed by atoms with Crippen LogP contribution in [0.15, 0.2) is 24.2 Å². The molecule has 0 N–H and O–H groups in total. The summed E-state index contributed by atoms with van der Waals surface area (Å²) in [4.78, 5) is 0. The molecule has 0 atom stereocenters. The van der Waals surface area contributed by atoms with Gasteiger partial charge < -0.3 is 4.65 Å². The summed E-state index contributed by atoms with van der Waals surface area (Å²) in [5.74, 6) is 2.10. The van der Waals surface area contributed by atoms with Crippen molar-refractivity contribution in [3.63, 3.8) is 0 Å². The maximum atomic E-state index is 5.55. The topological polar surface area (TPSA) is 9.23 Å². The van der Waals surface area contributed by atoms with Crippen molar-refractivity contribution in [2.75, 3.05) is 0 Å². The van der Waals surface area contributed by atoms with Crippen LogP contribution in [-0.4, -0.2) is 13.0 Å². The Hall–Kier alpha value is -0.495. The van der Waals surface area contributed by atoms with Gasteiger partial charge in [-0.1, -0.05) is 24.2 Å². The lowest BCUT2D eigenvalue weighted by atomic mass is 9.62. The van der Waals surface area contributed by atoms with Crippen LogP contribution in [-0.2, 0) is 4.65 Å². The number of rotatable bonds is 2. The smallest absolute Gasteiger partial charge is 0.323 e. The Morgan fingerprint density at radius 3 is 2.70 bits per heavy atom. The highest BCUT2D eigenvalue weighted by molar-refractivity contribution is 6.58. The van der Waals surface area contributed by atoms with E-state index in [1.807, 2.05) is 6.08 Å². The van der Waals surface area contributed by atoms with E-state index in [1.54, 1.807) is 0 Å². The molecule has 0 radical (unpaired) electrons. The molecule has 1 rings (SSSR count). The SMILES string of the molecule is CC(C)OB1C=CC=CC1. The van der Waals surface area contributed by atoms with E-state index in [-0.39, 0.29) is 0 Å². The maximum absolute atomic E-state index is 5.55. The Labute approximate surface area is 62.9 Å². The van der Waals surface area contributed by atoms with Crippen molar-refractivity contribution < 1.29 is 4.65 Å². The lowest BCUT2D eigenvalue weighted by Gasteiger charge is -2.13. The minimum atomic E-state index is 0.310. The summed E-state index contributed by atoms with van der Waals surface area (Å²) in [5.41, 5.74) is 0. The van der Waals surface area contributed by atoms with Crippen molar-refractivity contribution in [1.82, 2.24) is 0 Å². The second-order valence-corrected chi connectivity index (χ2v) is 2.77. The van der Waals surface area contributed by atoms with Crippen LogP contribution in [0.1, 0.15) is 13.8 Å². The first-order chi connectivity index (χ1) is 4.79. The number of allylic oxidation sites excluding steroid dienone is 3. The number of hydrogen-bond donors (Lipinski definition) is 0. The van der Waals surface area contributed by atoms with E-state index in [9.17, 15) is 0 Å². The van der Waals surface area contributed by atoms with E-state index in [0.29, 0.717) is 13.0 Å². The van der Waals surface area contributed by atoms with E-state index in [4.69, 9.17) is 4.65 Å². The van der Waals surface area contributed by atoms with Crippen molar-refractivity contribution in [2.24, 2.45) is 0 Å². The minimum absolute atomic E-state index is 0.310. The van der Waals surface area contributed by atoms with Gasteiger partial charge in [0.25, 0.3) is 0 Å². The molecule has 1 aliphatic heterocycles. The normalized spacial score (nSPS) is 16.9. The third-order valence-electron chi connectivity index (χ3n) is 1.39. The Kier molecular flexibility index (Phi) is 2.75. The minimum Gasteiger partial charge on any atom is -0.429 e. The molecule has 0 amide bonds. The molecule has 0 spiro atoms. The summed E-state index contributed by atoms with van der Waals surface area (Å²) >= 11 is 0. The molecule has 1 heterocycles.